The zero-order valence-corrected chi connectivity index (χ0v) is 25.0. The van der Waals surface area contributed by atoms with Crippen LogP contribution >= 0.6 is 11.3 Å². The smallest absolute Gasteiger partial charge is 0.407 e. The van der Waals surface area contributed by atoms with Crippen LogP contribution in [0.3, 0.4) is 0 Å². The van der Waals surface area contributed by atoms with Gasteiger partial charge in [-0.2, -0.15) is 0 Å². The molecule has 0 bridgehead atoms. The minimum Gasteiger partial charge on any atom is -0.453 e. The van der Waals surface area contributed by atoms with Crippen molar-refractivity contribution in [3.63, 3.8) is 0 Å². The van der Waals surface area contributed by atoms with E-state index in [1.165, 1.54) is 72.1 Å². The monoisotopic (exact) mass is 559 g/mol. The zero-order chi connectivity index (χ0) is 28.0. The Labute approximate surface area is 241 Å². The van der Waals surface area contributed by atoms with E-state index in [-0.39, 0.29) is 17.9 Å². The van der Waals surface area contributed by atoms with Crippen molar-refractivity contribution in [2.75, 3.05) is 13.7 Å². The van der Waals surface area contributed by atoms with Crippen LogP contribution in [-0.4, -0.2) is 48.4 Å². The number of rotatable bonds is 6. The second-order valence-electron chi connectivity index (χ2n) is 12.4. The molecule has 2 aliphatic carbocycles. The van der Waals surface area contributed by atoms with Gasteiger partial charge in [-0.15, -0.1) is 11.3 Å². The summed E-state index contributed by atoms with van der Waals surface area (Å²) in [6.45, 7) is 6.89. The Morgan fingerprint density at radius 1 is 1.10 bits per heavy atom. The molecule has 6 rings (SSSR count). The summed E-state index contributed by atoms with van der Waals surface area (Å²) in [5, 5.41) is 2.74. The van der Waals surface area contributed by atoms with Gasteiger partial charge in [0.05, 0.1) is 13.2 Å². The maximum atomic E-state index is 13.5. The first kappa shape index (κ1) is 27.3. The number of nitrogens with zero attached hydrogens (tertiary/aromatic N) is 2. The van der Waals surface area contributed by atoms with E-state index in [4.69, 9.17) is 9.73 Å². The summed E-state index contributed by atoms with van der Waals surface area (Å²) in [4.78, 5) is 34.8. The Hall–Kier alpha value is -2.93. The number of carbonyl (C=O) groups is 2. The fourth-order valence-electron chi connectivity index (χ4n) is 7.54. The first-order chi connectivity index (χ1) is 19.3. The van der Waals surface area contributed by atoms with Gasteiger partial charge in [0.25, 0.3) is 0 Å². The van der Waals surface area contributed by atoms with Gasteiger partial charge >= 0.3 is 6.09 Å². The van der Waals surface area contributed by atoms with Crippen molar-refractivity contribution in [1.29, 1.82) is 0 Å². The number of fused-ring (bicyclic) bond motifs is 2. The summed E-state index contributed by atoms with van der Waals surface area (Å²) in [7, 11) is 1.32. The normalized spacial score (nSPS) is 22.0. The number of nitrogens with one attached hydrogen (secondary N) is 1. The minimum atomic E-state index is -0.609. The van der Waals surface area contributed by atoms with E-state index >= 15 is 0 Å². The lowest BCUT2D eigenvalue weighted by atomic mass is 9.57. The molecule has 0 radical (unpaired) electrons. The van der Waals surface area contributed by atoms with Crippen LogP contribution in [0.25, 0.3) is 16.0 Å². The van der Waals surface area contributed by atoms with Gasteiger partial charge in [-0.05, 0) is 103 Å². The molecule has 1 N–H and O–H groups in total. The van der Waals surface area contributed by atoms with Crippen LogP contribution in [0.5, 0.6) is 0 Å². The molecule has 1 aromatic heterocycles. The van der Waals surface area contributed by atoms with E-state index < -0.39 is 12.1 Å². The van der Waals surface area contributed by atoms with Gasteiger partial charge in [0.15, 0.2) is 0 Å². The molecule has 1 aromatic carbocycles. The first-order valence-electron chi connectivity index (χ1n) is 15.0. The molecule has 2 fully saturated rings. The Kier molecular flexibility index (Phi) is 7.36. The van der Waals surface area contributed by atoms with E-state index in [1.54, 1.807) is 11.1 Å². The minimum absolute atomic E-state index is 0.0239. The van der Waals surface area contributed by atoms with E-state index in [0.717, 1.165) is 25.0 Å². The Balaban J connectivity index is 1.18. The molecule has 1 spiro atoms. The van der Waals surface area contributed by atoms with Crippen molar-refractivity contribution in [1.82, 2.24) is 10.2 Å². The number of hydrogen-bond donors (Lipinski definition) is 1. The molecule has 2 atom stereocenters. The van der Waals surface area contributed by atoms with Gasteiger partial charge in [-0.1, -0.05) is 32.4 Å². The predicted molar refractivity (Wildman–Crippen MR) is 162 cm³/mol. The third-order valence-corrected chi connectivity index (χ3v) is 10.9. The average Bonchev–Trinajstić information content (AvgIpc) is 3.70. The summed E-state index contributed by atoms with van der Waals surface area (Å²) >= 11 is 1.87. The average molecular weight is 560 g/mol. The van der Waals surface area contributed by atoms with E-state index in [1.807, 2.05) is 36.3 Å². The topological polar surface area (TPSA) is 71.0 Å². The highest BCUT2D eigenvalue weighted by molar-refractivity contribution is 7.16. The van der Waals surface area contributed by atoms with E-state index in [2.05, 4.69) is 36.5 Å². The molecule has 2 aromatic rings. The Morgan fingerprint density at radius 3 is 2.60 bits per heavy atom. The third-order valence-electron chi connectivity index (χ3n) is 9.70. The molecule has 1 saturated heterocycles. The molecular formula is C33H41N3O3S. The number of thiophene rings is 1. The summed E-state index contributed by atoms with van der Waals surface area (Å²) in [5.41, 5.74) is 8.88. The lowest BCUT2D eigenvalue weighted by Gasteiger charge is -2.48. The van der Waals surface area contributed by atoms with E-state index in [9.17, 15) is 9.59 Å². The molecule has 1 saturated carbocycles. The van der Waals surface area contributed by atoms with Gasteiger partial charge in [0, 0.05) is 34.6 Å². The standard InChI is InChI=1S/C33H41N3O3S/c1-20(2)30(35-32(38)39-4)31(37)36-17-6-9-26(36)25-18-22(19-34-25)27-12-13-28(40-27)23-11-10-21(3)29-24(23)8-5-14-33(29)15-7-16-33/h10-13,19-20,26,30H,5-9,14-18H2,1-4H3,(H,35,38)/t26-,30-/m0/s1. The van der Waals surface area contributed by atoms with Crippen LogP contribution in [-0.2, 0) is 21.4 Å². The maximum absolute atomic E-state index is 13.5. The van der Waals surface area contributed by atoms with Crippen LogP contribution < -0.4 is 5.32 Å². The number of benzene rings is 1. The second-order valence-corrected chi connectivity index (χ2v) is 13.5. The highest BCUT2D eigenvalue weighted by Crippen LogP contribution is 2.54. The van der Waals surface area contributed by atoms with Crippen molar-refractivity contribution in [3.05, 3.63) is 52.0 Å². The molecule has 4 aliphatic rings. The van der Waals surface area contributed by atoms with Crippen LogP contribution in [0.15, 0.2) is 35.5 Å². The molecule has 2 aliphatic heterocycles. The number of amides is 2. The SMILES string of the molecule is COC(=O)N[C@H](C(=O)N1CCC[C@H]1C1=NC=C(c2ccc(-c3ccc(C)c4c3CCCC43CCC3)s2)C1)C(C)C. The number of methoxy groups -OCH3 is 1. The number of likely N-dealkylation sites (tertiary alicyclic amines) is 1. The second kappa shape index (κ2) is 10.8. The molecule has 7 heteroatoms. The molecule has 6 nitrogen and oxygen atoms in total. The fraction of sp³-hybridized carbons (Fsp3) is 0.545. The molecular weight excluding hydrogens is 518 g/mol. The van der Waals surface area contributed by atoms with Gasteiger partial charge in [0.1, 0.15) is 6.04 Å². The van der Waals surface area contributed by atoms with Crippen LogP contribution in [0.2, 0.25) is 0 Å². The van der Waals surface area contributed by atoms with Gasteiger partial charge in [0.2, 0.25) is 5.91 Å². The van der Waals surface area contributed by atoms with Crippen molar-refractivity contribution >= 4 is 34.6 Å². The number of allylic oxidation sites excluding steroid dienone is 1. The highest BCUT2D eigenvalue weighted by atomic mass is 32.1. The lowest BCUT2D eigenvalue weighted by Crippen LogP contribution is -2.53. The van der Waals surface area contributed by atoms with Crippen molar-refractivity contribution in [2.24, 2.45) is 10.9 Å². The largest absolute Gasteiger partial charge is 0.453 e. The third kappa shape index (κ3) is 4.70. The quantitative estimate of drug-likeness (QED) is 0.413. The van der Waals surface area contributed by atoms with Crippen LogP contribution in [0, 0.1) is 12.8 Å². The number of carbonyl (C=O) groups excluding carboxylic acids is 2. The first-order valence-corrected chi connectivity index (χ1v) is 15.8. The molecule has 212 valence electrons. The zero-order valence-electron chi connectivity index (χ0n) is 24.2. The summed E-state index contributed by atoms with van der Waals surface area (Å²) < 4.78 is 4.77. The van der Waals surface area contributed by atoms with Gasteiger partial charge in [-0.25, -0.2) is 4.79 Å². The van der Waals surface area contributed by atoms with Gasteiger partial charge < -0.3 is 15.0 Å². The number of aliphatic imine (C=N–C) groups is 1. The van der Waals surface area contributed by atoms with Crippen LogP contribution in [0.1, 0.15) is 86.8 Å². The predicted octanol–water partition coefficient (Wildman–Crippen LogP) is 7.04. The number of ether oxygens (including phenoxy) is 1. The fourth-order valence-corrected chi connectivity index (χ4v) is 8.60. The summed E-state index contributed by atoms with van der Waals surface area (Å²) in [6, 6.07) is 8.61. The molecule has 3 heterocycles. The maximum Gasteiger partial charge on any atom is 0.407 e. The lowest BCUT2D eigenvalue weighted by molar-refractivity contribution is -0.134. The molecule has 40 heavy (non-hydrogen) atoms. The highest BCUT2D eigenvalue weighted by Gasteiger charge is 2.43. The number of alkyl carbamates (subject to hydrolysis) is 1. The van der Waals surface area contributed by atoms with Crippen LogP contribution in [0.4, 0.5) is 4.79 Å². The van der Waals surface area contributed by atoms with Gasteiger partial charge in [-0.3, -0.25) is 9.79 Å². The number of aryl methyl sites for hydroxylation is 1. The summed E-state index contributed by atoms with van der Waals surface area (Å²) in [5.74, 6) is -0.0888. The van der Waals surface area contributed by atoms with Crippen molar-refractivity contribution in [3.8, 4) is 10.4 Å². The Bertz CT molecular complexity index is 1380. The van der Waals surface area contributed by atoms with E-state index in [0.29, 0.717) is 12.0 Å². The number of hydrogen-bond acceptors (Lipinski definition) is 5. The van der Waals surface area contributed by atoms with Crippen molar-refractivity contribution in [2.45, 2.75) is 96.1 Å². The Morgan fingerprint density at radius 2 is 1.88 bits per heavy atom. The van der Waals surface area contributed by atoms with Crippen molar-refractivity contribution < 1.29 is 14.3 Å². The molecule has 2 amide bonds. The summed E-state index contributed by atoms with van der Waals surface area (Å²) in [6.07, 6.45) is 12.0. The molecule has 0 unspecified atom stereocenters.